The van der Waals surface area contributed by atoms with Gasteiger partial charge in [0.2, 0.25) is 0 Å². The van der Waals surface area contributed by atoms with E-state index in [1.54, 1.807) is 51.2 Å². The van der Waals surface area contributed by atoms with Crippen molar-refractivity contribution in [2.24, 2.45) is 0 Å². The van der Waals surface area contributed by atoms with Crippen LogP contribution in [0.4, 0.5) is 21.9 Å². The first-order chi connectivity index (χ1) is 17.5. The van der Waals surface area contributed by atoms with Gasteiger partial charge in [0, 0.05) is 43.6 Å². The number of carboxylic acid groups (broad SMARTS) is 1. The fourth-order valence-corrected chi connectivity index (χ4v) is 3.66. The Morgan fingerprint density at radius 3 is 2.22 bits per heavy atom. The molecule has 0 aliphatic carbocycles. The van der Waals surface area contributed by atoms with E-state index < -0.39 is 17.7 Å². The van der Waals surface area contributed by atoms with Crippen LogP contribution in [0.3, 0.4) is 0 Å². The number of likely N-dealkylation sites (N-methyl/N-ethyl adjacent to an activating group) is 1. The second kappa shape index (κ2) is 12.2. The van der Waals surface area contributed by atoms with Gasteiger partial charge in [-0.05, 0) is 76.3 Å². The number of nitrogens with one attached hydrogen (secondary N) is 1. The molecule has 9 nitrogen and oxygen atoms in total. The van der Waals surface area contributed by atoms with E-state index in [4.69, 9.17) is 15.6 Å². The molecule has 3 aromatic rings. The molecule has 9 heteroatoms. The van der Waals surface area contributed by atoms with Gasteiger partial charge in [-0.2, -0.15) is 0 Å². The number of hydrogen-bond acceptors (Lipinski definition) is 7. The highest BCUT2D eigenvalue weighted by molar-refractivity contribution is 5.90. The number of nitrogens with two attached hydrogens (primary N) is 1. The van der Waals surface area contributed by atoms with E-state index in [0.717, 1.165) is 43.1 Å². The number of piperazine rings is 1. The molecular formula is C28H35N5O4. The Kier molecular flexibility index (Phi) is 9.08. The Morgan fingerprint density at radius 1 is 1.00 bits per heavy atom. The minimum atomic E-state index is -0.870. The molecule has 1 aliphatic rings. The summed E-state index contributed by atoms with van der Waals surface area (Å²) in [5.74, 6) is -0.870. The number of pyridine rings is 1. The van der Waals surface area contributed by atoms with Crippen molar-refractivity contribution >= 4 is 29.1 Å². The highest BCUT2D eigenvalue weighted by Crippen LogP contribution is 2.26. The lowest BCUT2D eigenvalue weighted by atomic mass is 10.1. The maximum atomic E-state index is 11.7. The molecule has 0 spiro atoms. The zero-order valence-electron chi connectivity index (χ0n) is 21.8. The number of amides is 1. The van der Waals surface area contributed by atoms with Crippen LogP contribution in [0.5, 0.6) is 0 Å². The Morgan fingerprint density at radius 2 is 1.68 bits per heavy atom. The summed E-state index contributed by atoms with van der Waals surface area (Å²) in [5.41, 5.74) is 9.58. The molecule has 196 valence electrons. The van der Waals surface area contributed by atoms with Crippen molar-refractivity contribution < 1.29 is 19.4 Å². The molecule has 1 aromatic heterocycles. The zero-order valence-corrected chi connectivity index (χ0v) is 21.8. The Balaban J connectivity index is 0.000000213. The van der Waals surface area contributed by atoms with Crippen molar-refractivity contribution in [3.63, 3.8) is 0 Å². The van der Waals surface area contributed by atoms with Gasteiger partial charge in [-0.15, -0.1) is 0 Å². The number of nitrogen functional groups attached to an aromatic ring is 1. The summed E-state index contributed by atoms with van der Waals surface area (Å²) >= 11 is 0. The standard InChI is InChI=1S/C16H19N3O2.C12H16N2O2/c1-16(2,3)21-15(20)19-14-8-7-11(10-12(14)17)13-6-4-5-9-18-13;1-13-6-8-14(9-7-13)11-4-2-10(3-5-11)12(15)16/h4-10H,17H2,1-3H3,(H,19,20);2-5H,6-9H2,1H3,(H,15,16). The van der Waals surface area contributed by atoms with E-state index in [-0.39, 0.29) is 0 Å². The van der Waals surface area contributed by atoms with E-state index in [2.05, 4.69) is 27.1 Å². The lowest BCUT2D eigenvalue weighted by molar-refractivity contribution is 0.0634. The highest BCUT2D eigenvalue weighted by atomic mass is 16.6. The lowest BCUT2D eigenvalue weighted by Crippen LogP contribution is -2.44. The number of carboxylic acids is 1. The number of nitrogens with zero attached hydrogens (tertiary/aromatic N) is 3. The molecule has 0 radical (unpaired) electrons. The van der Waals surface area contributed by atoms with Crippen molar-refractivity contribution in [1.82, 2.24) is 9.88 Å². The third kappa shape index (κ3) is 8.50. The van der Waals surface area contributed by atoms with Gasteiger partial charge in [-0.3, -0.25) is 10.3 Å². The fourth-order valence-electron chi connectivity index (χ4n) is 3.66. The molecule has 1 fully saturated rings. The van der Waals surface area contributed by atoms with E-state index in [1.165, 1.54) is 0 Å². The van der Waals surface area contributed by atoms with Crippen molar-refractivity contribution in [3.8, 4) is 11.3 Å². The predicted molar refractivity (Wildman–Crippen MR) is 147 cm³/mol. The maximum Gasteiger partial charge on any atom is 0.412 e. The molecule has 0 unspecified atom stereocenters. The summed E-state index contributed by atoms with van der Waals surface area (Å²) in [6, 6.07) is 18.1. The van der Waals surface area contributed by atoms with Gasteiger partial charge < -0.3 is 25.4 Å². The number of anilines is 3. The van der Waals surface area contributed by atoms with Crippen LogP contribution in [-0.4, -0.2) is 65.9 Å². The van der Waals surface area contributed by atoms with Crippen LogP contribution in [0.15, 0.2) is 66.9 Å². The van der Waals surface area contributed by atoms with E-state index >= 15 is 0 Å². The minimum absolute atomic E-state index is 0.345. The number of benzene rings is 2. The smallest absolute Gasteiger partial charge is 0.412 e. The van der Waals surface area contributed by atoms with Crippen molar-refractivity contribution in [2.45, 2.75) is 26.4 Å². The number of hydrogen-bond donors (Lipinski definition) is 3. The fraction of sp³-hybridized carbons (Fsp3) is 0.321. The summed E-state index contributed by atoms with van der Waals surface area (Å²) in [5, 5.41) is 11.4. The molecule has 0 atom stereocenters. The second-order valence-corrected chi connectivity index (χ2v) is 9.79. The van der Waals surface area contributed by atoms with Gasteiger partial charge in [-0.25, -0.2) is 9.59 Å². The molecule has 4 N–H and O–H groups in total. The first-order valence-electron chi connectivity index (χ1n) is 12.1. The first-order valence-corrected chi connectivity index (χ1v) is 12.1. The lowest BCUT2D eigenvalue weighted by Gasteiger charge is -2.34. The largest absolute Gasteiger partial charge is 0.478 e. The van der Waals surface area contributed by atoms with Crippen molar-refractivity contribution in [3.05, 3.63) is 72.4 Å². The van der Waals surface area contributed by atoms with E-state index in [1.807, 2.05) is 36.4 Å². The molecule has 0 bridgehead atoms. The quantitative estimate of drug-likeness (QED) is 0.432. The minimum Gasteiger partial charge on any atom is -0.478 e. The van der Waals surface area contributed by atoms with Gasteiger partial charge in [0.05, 0.1) is 22.6 Å². The molecule has 1 saturated heterocycles. The second-order valence-electron chi connectivity index (χ2n) is 9.79. The first kappa shape index (κ1) is 27.5. The third-order valence-corrected chi connectivity index (χ3v) is 5.63. The number of carbonyl (C=O) groups is 2. The summed E-state index contributed by atoms with van der Waals surface area (Å²) in [6.45, 7) is 9.54. The average molecular weight is 506 g/mol. The van der Waals surface area contributed by atoms with Gasteiger partial charge in [-0.1, -0.05) is 12.1 Å². The Labute approximate surface area is 217 Å². The number of aromatic carboxylic acids is 1. The van der Waals surface area contributed by atoms with Crippen molar-refractivity contribution in [1.29, 1.82) is 0 Å². The van der Waals surface area contributed by atoms with Crippen LogP contribution in [0.2, 0.25) is 0 Å². The monoisotopic (exact) mass is 505 g/mol. The third-order valence-electron chi connectivity index (χ3n) is 5.63. The van der Waals surface area contributed by atoms with E-state index in [9.17, 15) is 9.59 Å². The highest BCUT2D eigenvalue weighted by Gasteiger charge is 2.17. The van der Waals surface area contributed by atoms with Gasteiger partial charge >= 0.3 is 12.1 Å². The molecule has 4 rings (SSSR count). The van der Waals surface area contributed by atoms with Gasteiger partial charge in [0.25, 0.3) is 0 Å². The maximum absolute atomic E-state index is 11.7. The van der Waals surface area contributed by atoms with Crippen LogP contribution in [-0.2, 0) is 4.74 Å². The van der Waals surface area contributed by atoms with Crippen LogP contribution < -0.4 is 16.0 Å². The van der Waals surface area contributed by atoms with Crippen molar-refractivity contribution in [2.75, 3.05) is 49.2 Å². The molecule has 1 aliphatic heterocycles. The van der Waals surface area contributed by atoms with E-state index in [0.29, 0.717) is 16.9 Å². The van der Waals surface area contributed by atoms with Crippen LogP contribution in [0.1, 0.15) is 31.1 Å². The summed E-state index contributed by atoms with van der Waals surface area (Å²) in [7, 11) is 2.12. The number of aromatic nitrogens is 1. The number of carbonyl (C=O) groups excluding carboxylic acids is 1. The zero-order chi connectivity index (χ0) is 27.0. The number of rotatable bonds is 4. The van der Waals surface area contributed by atoms with Crippen LogP contribution >= 0.6 is 0 Å². The van der Waals surface area contributed by atoms with Gasteiger partial charge in [0.15, 0.2) is 0 Å². The number of ether oxygens (including phenoxy) is 1. The summed E-state index contributed by atoms with van der Waals surface area (Å²) in [6.07, 6.45) is 1.19. The van der Waals surface area contributed by atoms with Crippen LogP contribution in [0, 0.1) is 0 Å². The molecule has 0 saturated carbocycles. The van der Waals surface area contributed by atoms with Gasteiger partial charge in [0.1, 0.15) is 5.60 Å². The molecule has 2 aromatic carbocycles. The predicted octanol–water partition coefficient (Wildman–Crippen LogP) is 4.81. The molecule has 1 amide bonds. The molecule has 37 heavy (non-hydrogen) atoms. The SMILES string of the molecule is CC(C)(C)OC(=O)Nc1ccc(-c2ccccn2)cc1N.CN1CCN(c2ccc(C(=O)O)cc2)CC1. The summed E-state index contributed by atoms with van der Waals surface area (Å²) < 4.78 is 5.19. The Bertz CT molecular complexity index is 1190. The molecule has 2 heterocycles. The topological polar surface area (TPSA) is 121 Å². The average Bonchev–Trinajstić information content (AvgIpc) is 2.86. The molecular weight excluding hydrogens is 470 g/mol. The normalized spacial score (nSPS) is 13.8. The van der Waals surface area contributed by atoms with Crippen LogP contribution in [0.25, 0.3) is 11.3 Å². The summed E-state index contributed by atoms with van der Waals surface area (Å²) in [4.78, 5) is 31.3. The Hall–Kier alpha value is -4.11.